The zero-order valence-electron chi connectivity index (χ0n) is 13.6. The van der Waals surface area contributed by atoms with E-state index in [2.05, 4.69) is 46.3 Å². The molecular weight excluding hydrogens is 260 g/mol. The third-order valence-corrected chi connectivity index (χ3v) is 5.65. The molecule has 2 saturated heterocycles. The first-order valence-electron chi connectivity index (χ1n) is 8.57. The number of rotatable bonds is 4. The van der Waals surface area contributed by atoms with Crippen LogP contribution in [0.5, 0.6) is 0 Å². The Kier molecular flexibility index (Phi) is 4.65. The van der Waals surface area contributed by atoms with Gasteiger partial charge in [0.2, 0.25) is 0 Å². The minimum Gasteiger partial charge on any atom is -0.334 e. The first kappa shape index (κ1) is 15.0. The van der Waals surface area contributed by atoms with Crippen LogP contribution in [0.2, 0.25) is 0 Å². The number of nitrogens with one attached hydrogen (secondary N) is 1. The van der Waals surface area contributed by atoms with Gasteiger partial charge in [0.05, 0.1) is 6.33 Å². The fourth-order valence-corrected chi connectivity index (χ4v) is 3.91. The first-order chi connectivity index (χ1) is 10.2. The molecule has 4 heteroatoms. The molecule has 0 radical (unpaired) electrons. The summed E-state index contributed by atoms with van der Waals surface area (Å²) in [6, 6.07) is 0. The van der Waals surface area contributed by atoms with Gasteiger partial charge in [0.25, 0.3) is 0 Å². The molecule has 0 bridgehead atoms. The summed E-state index contributed by atoms with van der Waals surface area (Å²) in [6.07, 6.45) is 10.7. The predicted octanol–water partition coefficient (Wildman–Crippen LogP) is 2.26. The van der Waals surface area contributed by atoms with Crippen molar-refractivity contribution in [3.8, 4) is 0 Å². The molecule has 2 aliphatic heterocycles. The lowest BCUT2D eigenvalue weighted by molar-refractivity contribution is 0.206. The van der Waals surface area contributed by atoms with E-state index in [4.69, 9.17) is 0 Å². The van der Waals surface area contributed by atoms with Gasteiger partial charge >= 0.3 is 0 Å². The highest BCUT2D eigenvalue weighted by atomic mass is 15.1. The molecule has 1 N–H and O–H groups in total. The van der Waals surface area contributed by atoms with Crippen molar-refractivity contribution in [1.29, 1.82) is 0 Å². The van der Waals surface area contributed by atoms with Gasteiger partial charge in [-0.2, -0.15) is 0 Å². The highest BCUT2D eigenvalue weighted by Gasteiger charge is 2.31. The normalized spacial score (nSPS) is 24.3. The number of hydrogen-bond acceptors (Lipinski definition) is 3. The van der Waals surface area contributed by atoms with Crippen LogP contribution in [0.15, 0.2) is 12.5 Å². The lowest BCUT2D eigenvalue weighted by Crippen LogP contribution is -2.39. The summed E-state index contributed by atoms with van der Waals surface area (Å²) in [4.78, 5) is 6.91. The van der Waals surface area contributed by atoms with E-state index in [0.717, 1.165) is 25.6 Å². The topological polar surface area (TPSA) is 33.1 Å². The molecule has 2 aliphatic rings. The number of piperidine rings is 2. The average molecular weight is 290 g/mol. The van der Waals surface area contributed by atoms with Crippen LogP contribution < -0.4 is 5.32 Å². The van der Waals surface area contributed by atoms with Crippen molar-refractivity contribution in [3.05, 3.63) is 18.2 Å². The summed E-state index contributed by atoms with van der Waals surface area (Å²) >= 11 is 0. The summed E-state index contributed by atoms with van der Waals surface area (Å²) in [5, 5.41) is 3.47. The highest BCUT2D eigenvalue weighted by Crippen LogP contribution is 2.33. The van der Waals surface area contributed by atoms with Gasteiger partial charge < -0.3 is 14.8 Å². The van der Waals surface area contributed by atoms with Crippen LogP contribution in [-0.4, -0.2) is 47.7 Å². The quantitative estimate of drug-likeness (QED) is 0.923. The predicted molar refractivity (Wildman–Crippen MR) is 86.5 cm³/mol. The highest BCUT2D eigenvalue weighted by molar-refractivity contribution is 5.15. The van der Waals surface area contributed by atoms with Crippen molar-refractivity contribution in [2.75, 3.05) is 33.2 Å². The van der Waals surface area contributed by atoms with Crippen molar-refractivity contribution < 1.29 is 0 Å². The summed E-state index contributed by atoms with van der Waals surface area (Å²) in [5.74, 6) is 0.900. The molecule has 21 heavy (non-hydrogen) atoms. The summed E-state index contributed by atoms with van der Waals surface area (Å²) in [7, 11) is 2.24. The first-order valence-corrected chi connectivity index (χ1v) is 8.57. The van der Waals surface area contributed by atoms with E-state index in [-0.39, 0.29) is 0 Å². The van der Waals surface area contributed by atoms with Gasteiger partial charge in [0.1, 0.15) is 0 Å². The van der Waals surface area contributed by atoms with Gasteiger partial charge in [0, 0.05) is 23.9 Å². The van der Waals surface area contributed by atoms with Gasteiger partial charge in [-0.25, -0.2) is 4.98 Å². The van der Waals surface area contributed by atoms with Crippen LogP contribution in [0.3, 0.4) is 0 Å². The Morgan fingerprint density at radius 2 is 2.00 bits per heavy atom. The second-order valence-electron chi connectivity index (χ2n) is 7.32. The Morgan fingerprint density at radius 1 is 1.29 bits per heavy atom. The fraction of sp³-hybridized carbons (Fsp3) is 0.824. The molecule has 2 fully saturated rings. The number of aryl methyl sites for hydroxylation is 1. The Labute approximate surface area is 128 Å². The number of nitrogens with zero attached hydrogens (tertiary/aromatic N) is 3. The standard InChI is InChI=1S/C17H30N4/c1-17(6-8-18-9-7-17)16-13-19-14-21(16)12-5-15-3-10-20(2)11-4-15/h13-15,18H,3-12H2,1-2H3. The van der Waals surface area contributed by atoms with E-state index in [1.54, 1.807) is 0 Å². The zero-order chi connectivity index (χ0) is 14.7. The molecule has 0 unspecified atom stereocenters. The van der Waals surface area contributed by atoms with Crippen LogP contribution in [0.25, 0.3) is 0 Å². The van der Waals surface area contributed by atoms with E-state index in [0.29, 0.717) is 5.41 Å². The van der Waals surface area contributed by atoms with E-state index < -0.39 is 0 Å². The summed E-state index contributed by atoms with van der Waals surface area (Å²) < 4.78 is 2.43. The number of likely N-dealkylation sites (tertiary alicyclic amines) is 1. The maximum absolute atomic E-state index is 4.45. The Balaban J connectivity index is 1.60. The molecular formula is C17H30N4. The summed E-state index contributed by atoms with van der Waals surface area (Å²) in [5.41, 5.74) is 1.77. The molecule has 1 aromatic rings. The van der Waals surface area contributed by atoms with Crippen molar-refractivity contribution in [1.82, 2.24) is 19.8 Å². The van der Waals surface area contributed by atoms with Gasteiger partial charge in [-0.3, -0.25) is 0 Å². The Bertz CT molecular complexity index is 439. The average Bonchev–Trinajstić information content (AvgIpc) is 2.97. The number of imidazole rings is 1. The maximum atomic E-state index is 4.45. The minimum atomic E-state index is 0.314. The Hall–Kier alpha value is -0.870. The third kappa shape index (κ3) is 3.49. The van der Waals surface area contributed by atoms with Crippen LogP contribution in [0.1, 0.15) is 44.7 Å². The van der Waals surface area contributed by atoms with Gasteiger partial charge in [0.15, 0.2) is 0 Å². The largest absolute Gasteiger partial charge is 0.334 e. The van der Waals surface area contributed by atoms with E-state index >= 15 is 0 Å². The third-order valence-electron chi connectivity index (χ3n) is 5.65. The lowest BCUT2D eigenvalue weighted by atomic mass is 9.78. The monoisotopic (exact) mass is 290 g/mol. The van der Waals surface area contributed by atoms with Gasteiger partial charge in [-0.05, 0) is 71.2 Å². The molecule has 0 amide bonds. The minimum absolute atomic E-state index is 0.314. The second-order valence-corrected chi connectivity index (χ2v) is 7.32. The van der Waals surface area contributed by atoms with Crippen LogP contribution in [0.4, 0.5) is 0 Å². The molecule has 3 heterocycles. The molecule has 4 nitrogen and oxygen atoms in total. The molecule has 0 aromatic carbocycles. The van der Waals surface area contributed by atoms with Crippen LogP contribution in [-0.2, 0) is 12.0 Å². The summed E-state index contributed by atoms with van der Waals surface area (Å²) in [6.45, 7) is 8.37. The van der Waals surface area contributed by atoms with E-state index in [1.165, 1.54) is 50.9 Å². The molecule has 0 atom stereocenters. The van der Waals surface area contributed by atoms with Crippen LogP contribution in [0, 0.1) is 5.92 Å². The van der Waals surface area contributed by atoms with E-state index in [9.17, 15) is 0 Å². The SMILES string of the molecule is CN1CCC(CCn2cncc2C2(C)CCNCC2)CC1. The molecule has 0 aliphatic carbocycles. The number of aromatic nitrogens is 2. The molecule has 1 aromatic heterocycles. The second kappa shape index (κ2) is 6.49. The Morgan fingerprint density at radius 3 is 2.71 bits per heavy atom. The molecule has 0 spiro atoms. The molecule has 3 rings (SSSR count). The molecule has 0 saturated carbocycles. The van der Waals surface area contributed by atoms with E-state index in [1.807, 2.05) is 0 Å². The molecule has 118 valence electrons. The van der Waals surface area contributed by atoms with Crippen molar-refractivity contribution in [3.63, 3.8) is 0 Å². The maximum Gasteiger partial charge on any atom is 0.0948 e. The van der Waals surface area contributed by atoms with Gasteiger partial charge in [-0.1, -0.05) is 6.92 Å². The van der Waals surface area contributed by atoms with Gasteiger partial charge in [-0.15, -0.1) is 0 Å². The lowest BCUT2D eigenvalue weighted by Gasteiger charge is -2.35. The van der Waals surface area contributed by atoms with Crippen molar-refractivity contribution in [2.45, 2.75) is 51.0 Å². The van der Waals surface area contributed by atoms with Crippen molar-refractivity contribution >= 4 is 0 Å². The van der Waals surface area contributed by atoms with Crippen molar-refractivity contribution in [2.24, 2.45) is 5.92 Å². The fourth-order valence-electron chi connectivity index (χ4n) is 3.91. The van der Waals surface area contributed by atoms with Crippen LogP contribution >= 0.6 is 0 Å². The smallest absolute Gasteiger partial charge is 0.0948 e. The number of hydrogen-bond donors (Lipinski definition) is 1. The zero-order valence-corrected chi connectivity index (χ0v) is 13.6.